The second-order valence-electron chi connectivity index (χ2n) is 5.44. The summed E-state index contributed by atoms with van der Waals surface area (Å²) in [4.78, 5) is 4.06. The van der Waals surface area contributed by atoms with Crippen molar-refractivity contribution in [2.45, 2.75) is 11.8 Å². The molecule has 3 rings (SSSR count). The van der Waals surface area contributed by atoms with E-state index in [0.717, 1.165) is 16.7 Å². The lowest BCUT2D eigenvalue weighted by Crippen LogP contribution is -2.12. The summed E-state index contributed by atoms with van der Waals surface area (Å²) in [5.74, 6) is 0. The van der Waals surface area contributed by atoms with Gasteiger partial charge < -0.3 is 5.73 Å². The van der Waals surface area contributed by atoms with E-state index in [4.69, 9.17) is 5.73 Å². The van der Waals surface area contributed by atoms with Gasteiger partial charge >= 0.3 is 0 Å². The van der Waals surface area contributed by atoms with Crippen LogP contribution < -0.4 is 10.5 Å². The third-order valence-corrected chi connectivity index (χ3v) is 5.11. The van der Waals surface area contributed by atoms with Crippen LogP contribution in [0.25, 0.3) is 11.1 Å². The maximum atomic E-state index is 12.4. The summed E-state index contributed by atoms with van der Waals surface area (Å²) in [7, 11) is -3.63. The molecule has 0 amide bonds. The first-order valence-corrected chi connectivity index (χ1v) is 8.83. The Morgan fingerprint density at radius 1 is 0.917 bits per heavy atom. The van der Waals surface area contributed by atoms with Crippen LogP contribution in [0.5, 0.6) is 0 Å². The molecule has 3 N–H and O–H groups in total. The average Bonchev–Trinajstić information content (AvgIpc) is 2.58. The van der Waals surface area contributed by atoms with Gasteiger partial charge in [0.1, 0.15) is 0 Å². The number of nitrogens with one attached hydrogen (secondary N) is 1. The van der Waals surface area contributed by atoms with E-state index >= 15 is 0 Å². The zero-order valence-corrected chi connectivity index (χ0v) is 13.9. The van der Waals surface area contributed by atoms with Crippen LogP contribution in [0, 0.1) is 6.92 Å². The quantitative estimate of drug-likeness (QED) is 0.713. The van der Waals surface area contributed by atoms with E-state index in [2.05, 4.69) is 9.71 Å². The molecular weight excluding hydrogens is 322 g/mol. The Balaban J connectivity index is 1.87. The highest BCUT2D eigenvalue weighted by molar-refractivity contribution is 7.92. The Kier molecular flexibility index (Phi) is 4.22. The standard InChI is InChI=1S/C18H17N3O2S/c1-13-2-3-15(12-18(13)19)14-4-6-17(7-5-14)24(22,23)21-16-8-10-20-11-9-16/h2-12H,19H2,1H3,(H,20,21). The molecule has 1 heterocycles. The molecule has 0 radical (unpaired) electrons. The predicted molar refractivity (Wildman–Crippen MR) is 96.1 cm³/mol. The summed E-state index contributed by atoms with van der Waals surface area (Å²) >= 11 is 0. The van der Waals surface area contributed by atoms with Gasteiger partial charge in [0.15, 0.2) is 0 Å². The number of benzene rings is 2. The second-order valence-corrected chi connectivity index (χ2v) is 7.12. The molecule has 5 nitrogen and oxygen atoms in total. The molecule has 3 aromatic rings. The minimum atomic E-state index is -3.63. The van der Waals surface area contributed by atoms with Gasteiger partial charge in [-0.2, -0.15) is 0 Å². The van der Waals surface area contributed by atoms with Crippen LogP contribution in [-0.2, 0) is 10.0 Å². The number of hydrogen-bond acceptors (Lipinski definition) is 4. The van der Waals surface area contributed by atoms with Crippen LogP contribution in [0.3, 0.4) is 0 Å². The number of nitrogens with two attached hydrogens (primary N) is 1. The largest absolute Gasteiger partial charge is 0.398 e. The molecule has 0 saturated heterocycles. The third-order valence-electron chi connectivity index (χ3n) is 3.71. The zero-order valence-electron chi connectivity index (χ0n) is 13.1. The van der Waals surface area contributed by atoms with Crippen molar-refractivity contribution < 1.29 is 8.42 Å². The highest BCUT2D eigenvalue weighted by Gasteiger charge is 2.14. The minimum Gasteiger partial charge on any atom is -0.398 e. The monoisotopic (exact) mass is 339 g/mol. The van der Waals surface area contributed by atoms with Gasteiger partial charge in [0.2, 0.25) is 0 Å². The molecule has 0 saturated carbocycles. The molecule has 0 fully saturated rings. The fourth-order valence-electron chi connectivity index (χ4n) is 2.28. The number of aryl methyl sites for hydroxylation is 1. The SMILES string of the molecule is Cc1ccc(-c2ccc(S(=O)(=O)Nc3ccncc3)cc2)cc1N. The topological polar surface area (TPSA) is 85.1 Å². The number of rotatable bonds is 4. The Bertz CT molecular complexity index is 953. The smallest absolute Gasteiger partial charge is 0.261 e. The van der Waals surface area contributed by atoms with Crippen molar-refractivity contribution in [3.05, 3.63) is 72.6 Å². The third kappa shape index (κ3) is 3.38. The second kappa shape index (κ2) is 6.33. The molecule has 0 aliphatic carbocycles. The van der Waals surface area contributed by atoms with Crippen molar-refractivity contribution in [3.63, 3.8) is 0 Å². The number of nitrogens with zero attached hydrogens (tertiary/aromatic N) is 1. The lowest BCUT2D eigenvalue weighted by atomic mass is 10.0. The minimum absolute atomic E-state index is 0.197. The number of sulfonamides is 1. The van der Waals surface area contributed by atoms with Crippen molar-refractivity contribution in [3.8, 4) is 11.1 Å². The van der Waals surface area contributed by atoms with Crippen molar-refractivity contribution in [1.82, 2.24) is 4.98 Å². The van der Waals surface area contributed by atoms with Crippen LogP contribution in [-0.4, -0.2) is 13.4 Å². The van der Waals surface area contributed by atoms with Crippen molar-refractivity contribution in [1.29, 1.82) is 0 Å². The van der Waals surface area contributed by atoms with Gasteiger partial charge in [0.05, 0.1) is 10.6 Å². The molecule has 6 heteroatoms. The van der Waals surface area contributed by atoms with E-state index in [1.165, 1.54) is 12.4 Å². The summed E-state index contributed by atoms with van der Waals surface area (Å²) in [5, 5.41) is 0. The number of aromatic nitrogens is 1. The molecule has 0 atom stereocenters. The molecule has 0 aliphatic rings. The summed E-state index contributed by atoms with van der Waals surface area (Å²) < 4.78 is 27.3. The van der Waals surface area contributed by atoms with Crippen LogP contribution in [0.2, 0.25) is 0 Å². The van der Waals surface area contributed by atoms with Gasteiger partial charge in [0, 0.05) is 18.1 Å². The maximum Gasteiger partial charge on any atom is 0.261 e. The highest BCUT2D eigenvalue weighted by Crippen LogP contribution is 2.25. The van der Waals surface area contributed by atoms with E-state index in [1.807, 2.05) is 25.1 Å². The van der Waals surface area contributed by atoms with Gasteiger partial charge in [-0.1, -0.05) is 24.3 Å². The van der Waals surface area contributed by atoms with Crippen LogP contribution in [0.1, 0.15) is 5.56 Å². The molecule has 24 heavy (non-hydrogen) atoms. The van der Waals surface area contributed by atoms with E-state index in [0.29, 0.717) is 11.4 Å². The molecule has 0 bridgehead atoms. The number of anilines is 2. The summed E-state index contributed by atoms with van der Waals surface area (Å²) in [6, 6.07) is 15.7. The first-order valence-electron chi connectivity index (χ1n) is 7.35. The molecule has 0 unspecified atom stereocenters. The number of pyridine rings is 1. The Hall–Kier alpha value is -2.86. The molecule has 2 aromatic carbocycles. The maximum absolute atomic E-state index is 12.4. The number of hydrogen-bond donors (Lipinski definition) is 2. The Morgan fingerprint density at radius 3 is 2.17 bits per heavy atom. The molecule has 0 spiro atoms. The first-order chi connectivity index (χ1) is 11.5. The summed E-state index contributed by atoms with van der Waals surface area (Å²) in [6.07, 6.45) is 3.06. The van der Waals surface area contributed by atoms with Gasteiger partial charge in [-0.15, -0.1) is 0 Å². The van der Waals surface area contributed by atoms with Gasteiger partial charge in [-0.3, -0.25) is 9.71 Å². The molecular formula is C18H17N3O2S. The average molecular weight is 339 g/mol. The fourth-order valence-corrected chi connectivity index (χ4v) is 3.34. The van der Waals surface area contributed by atoms with Crippen LogP contribution in [0.15, 0.2) is 71.9 Å². The van der Waals surface area contributed by atoms with Crippen LogP contribution in [0.4, 0.5) is 11.4 Å². The van der Waals surface area contributed by atoms with E-state index < -0.39 is 10.0 Å². The van der Waals surface area contributed by atoms with E-state index in [9.17, 15) is 8.42 Å². The summed E-state index contributed by atoms with van der Waals surface area (Å²) in [6.45, 7) is 1.94. The van der Waals surface area contributed by atoms with Crippen LogP contribution >= 0.6 is 0 Å². The lowest BCUT2D eigenvalue weighted by molar-refractivity contribution is 0.601. The Labute approximate surface area is 141 Å². The Morgan fingerprint density at radius 2 is 1.54 bits per heavy atom. The van der Waals surface area contributed by atoms with E-state index in [-0.39, 0.29) is 4.90 Å². The molecule has 0 aliphatic heterocycles. The highest BCUT2D eigenvalue weighted by atomic mass is 32.2. The van der Waals surface area contributed by atoms with Crippen molar-refractivity contribution >= 4 is 21.4 Å². The van der Waals surface area contributed by atoms with Gasteiger partial charge in [-0.05, 0) is 53.9 Å². The fraction of sp³-hybridized carbons (Fsp3) is 0.0556. The molecule has 1 aromatic heterocycles. The van der Waals surface area contributed by atoms with Crippen molar-refractivity contribution in [2.24, 2.45) is 0 Å². The van der Waals surface area contributed by atoms with E-state index in [1.54, 1.807) is 36.4 Å². The first kappa shape index (κ1) is 16.0. The van der Waals surface area contributed by atoms with Gasteiger partial charge in [-0.25, -0.2) is 8.42 Å². The van der Waals surface area contributed by atoms with Crippen molar-refractivity contribution in [2.75, 3.05) is 10.5 Å². The predicted octanol–water partition coefficient (Wildman–Crippen LogP) is 3.44. The molecule has 122 valence electrons. The van der Waals surface area contributed by atoms with Gasteiger partial charge in [0.25, 0.3) is 10.0 Å². The normalized spacial score (nSPS) is 11.2. The zero-order chi connectivity index (χ0) is 17.2. The number of nitrogen functional groups attached to an aromatic ring is 1. The summed E-state index contributed by atoms with van der Waals surface area (Å²) in [5.41, 5.74) is 9.98. The lowest BCUT2D eigenvalue weighted by Gasteiger charge is -2.09.